The van der Waals surface area contributed by atoms with Crippen LogP contribution in [0.25, 0.3) is 0 Å². The zero-order chi connectivity index (χ0) is 20.1. The first-order valence-electron chi connectivity index (χ1n) is 8.47. The molecule has 0 aliphatic carbocycles. The number of rotatable bonds is 7. The second-order valence-corrected chi connectivity index (χ2v) is 7.10. The number of nitrogens with one attached hydrogen (secondary N) is 1. The summed E-state index contributed by atoms with van der Waals surface area (Å²) < 4.78 is 5.54. The number of hydrogen-bond acceptors (Lipinski definition) is 7. The van der Waals surface area contributed by atoms with Gasteiger partial charge >= 0.3 is 0 Å². The second kappa shape index (κ2) is 8.66. The molecule has 1 amide bonds. The lowest BCUT2D eigenvalue weighted by atomic mass is 10.1. The van der Waals surface area contributed by atoms with Gasteiger partial charge in [-0.3, -0.25) is 14.9 Å². The maximum Gasteiger partial charge on any atom is 0.293 e. The summed E-state index contributed by atoms with van der Waals surface area (Å²) in [5.41, 5.74) is 2.73. The van der Waals surface area contributed by atoms with E-state index in [1.165, 1.54) is 6.07 Å². The smallest absolute Gasteiger partial charge is 0.293 e. The molecule has 0 unspecified atom stereocenters. The van der Waals surface area contributed by atoms with E-state index in [2.05, 4.69) is 15.5 Å². The molecule has 0 aliphatic rings. The molecule has 28 heavy (non-hydrogen) atoms. The number of amides is 1. The SMILES string of the molecule is Cc1cc(NC(=O)CSc2nnc(Cc3ccccc3)o2)c([N+](=O)[O-])cc1C. The van der Waals surface area contributed by atoms with Crippen LogP contribution in [0.1, 0.15) is 22.6 Å². The molecule has 8 nitrogen and oxygen atoms in total. The van der Waals surface area contributed by atoms with Gasteiger partial charge in [-0.1, -0.05) is 42.1 Å². The number of carbonyl (C=O) groups excluding carboxylic acids is 1. The van der Waals surface area contributed by atoms with E-state index in [-0.39, 0.29) is 28.3 Å². The zero-order valence-electron chi connectivity index (χ0n) is 15.3. The Balaban J connectivity index is 1.59. The Morgan fingerprint density at radius 2 is 1.89 bits per heavy atom. The average Bonchev–Trinajstić information content (AvgIpc) is 3.11. The van der Waals surface area contributed by atoms with Gasteiger partial charge in [0, 0.05) is 6.07 Å². The highest BCUT2D eigenvalue weighted by Gasteiger charge is 2.18. The molecule has 2 aromatic carbocycles. The van der Waals surface area contributed by atoms with Gasteiger partial charge in [0.15, 0.2) is 0 Å². The van der Waals surface area contributed by atoms with Crippen LogP contribution < -0.4 is 5.32 Å². The topological polar surface area (TPSA) is 111 Å². The van der Waals surface area contributed by atoms with Crippen LogP contribution in [0.2, 0.25) is 0 Å². The highest BCUT2D eigenvalue weighted by Crippen LogP contribution is 2.28. The van der Waals surface area contributed by atoms with E-state index in [4.69, 9.17) is 4.42 Å². The summed E-state index contributed by atoms with van der Waals surface area (Å²) in [6, 6.07) is 12.8. The molecule has 0 bridgehead atoms. The summed E-state index contributed by atoms with van der Waals surface area (Å²) in [6.07, 6.45) is 0.509. The Labute approximate surface area is 165 Å². The number of nitro groups is 1. The maximum absolute atomic E-state index is 12.2. The molecule has 144 valence electrons. The molecule has 1 N–H and O–H groups in total. The predicted molar refractivity (Wildman–Crippen MR) is 105 cm³/mol. The summed E-state index contributed by atoms with van der Waals surface area (Å²) in [5, 5.41) is 22.0. The Morgan fingerprint density at radius 1 is 1.18 bits per heavy atom. The minimum Gasteiger partial charge on any atom is -0.416 e. The number of aryl methyl sites for hydroxylation is 2. The molecule has 1 heterocycles. The lowest BCUT2D eigenvalue weighted by Gasteiger charge is -2.08. The number of carbonyl (C=O) groups is 1. The van der Waals surface area contributed by atoms with Crippen molar-refractivity contribution in [2.75, 3.05) is 11.1 Å². The van der Waals surface area contributed by atoms with Gasteiger partial charge in [-0.15, -0.1) is 10.2 Å². The first-order chi connectivity index (χ1) is 13.4. The molecule has 0 spiro atoms. The molecular weight excluding hydrogens is 380 g/mol. The van der Waals surface area contributed by atoms with Gasteiger partial charge in [0.1, 0.15) is 5.69 Å². The van der Waals surface area contributed by atoms with Gasteiger partial charge in [-0.2, -0.15) is 0 Å². The van der Waals surface area contributed by atoms with Gasteiger partial charge in [0.2, 0.25) is 11.8 Å². The van der Waals surface area contributed by atoms with Gasteiger partial charge in [0.25, 0.3) is 10.9 Å². The molecule has 0 radical (unpaired) electrons. The first kappa shape index (κ1) is 19.6. The van der Waals surface area contributed by atoms with Gasteiger partial charge in [-0.05, 0) is 36.6 Å². The largest absolute Gasteiger partial charge is 0.416 e. The van der Waals surface area contributed by atoms with Crippen LogP contribution in [0, 0.1) is 24.0 Å². The molecule has 9 heteroatoms. The van der Waals surface area contributed by atoms with Crippen LogP contribution in [-0.4, -0.2) is 26.8 Å². The molecule has 0 aliphatic heterocycles. The van der Waals surface area contributed by atoms with Crippen LogP contribution in [0.4, 0.5) is 11.4 Å². The van der Waals surface area contributed by atoms with E-state index in [1.807, 2.05) is 37.3 Å². The fraction of sp³-hybridized carbons (Fsp3) is 0.211. The van der Waals surface area contributed by atoms with Crippen LogP contribution in [0.15, 0.2) is 52.1 Å². The van der Waals surface area contributed by atoms with Crippen molar-refractivity contribution in [3.8, 4) is 0 Å². The van der Waals surface area contributed by atoms with E-state index in [0.717, 1.165) is 28.5 Å². The first-order valence-corrected chi connectivity index (χ1v) is 9.45. The van der Waals surface area contributed by atoms with Gasteiger partial charge < -0.3 is 9.73 Å². The highest BCUT2D eigenvalue weighted by molar-refractivity contribution is 7.99. The second-order valence-electron chi connectivity index (χ2n) is 6.17. The molecule has 0 fully saturated rings. The van der Waals surface area contributed by atoms with Crippen molar-refractivity contribution < 1.29 is 14.1 Å². The number of hydrogen-bond donors (Lipinski definition) is 1. The van der Waals surface area contributed by atoms with Gasteiger partial charge in [-0.25, -0.2) is 0 Å². The maximum atomic E-state index is 12.2. The third kappa shape index (κ3) is 4.95. The number of benzene rings is 2. The van der Waals surface area contributed by atoms with Crippen molar-refractivity contribution in [2.45, 2.75) is 25.5 Å². The van der Waals surface area contributed by atoms with E-state index < -0.39 is 4.92 Å². The number of nitro benzene ring substituents is 1. The third-order valence-corrected chi connectivity index (χ3v) is 4.87. The molecular formula is C19H18N4O4S. The van der Waals surface area contributed by atoms with Crippen LogP contribution in [0.5, 0.6) is 0 Å². The quantitative estimate of drug-likeness (QED) is 0.365. The molecule has 3 aromatic rings. The standard InChI is InChI=1S/C19H18N4O4S/c1-12-8-15(16(23(25)26)9-13(12)2)20-17(24)11-28-19-22-21-18(27-19)10-14-6-4-3-5-7-14/h3-9H,10-11H2,1-2H3,(H,20,24). The number of nitrogens with zero attached hydrogens (tertiary/aromatic N) is 3. The van der Waals surface area contributed by atoms with Crippen LogP contribution in [0.3, 0.4) is 0 Å². The van der Waals surface area contributed by atoms with E-state index in [0.29, 0.717) is 12.3 Å². The van der Waals surface area contributed by atoms with Crippen LogP contribution in [-0.2, 0) is 11.2 Å². The average molecular weight is 398 g/mol. The molecule has 0 atom stereocenters. The van der Waals surface area contributed by atoms with Crippen molar-refractivity contribution >= 4 is 29.0 Å². The zero-order valence-corrected chi connectivity index (χ0v) is 16.2. The lowest BCUT2D eigenvalue weighted by Crippen LogP contribution is -2.15. The molecule has 1 aromatic heterocycles. The fourth-order valence-corrected chi connectivity index (χ4v) is 3.08. The molecule has 3 rings (SSSR count). The lowest BCUT2D eigenvalue weighted by molar-refractivity contribution is -0.384. The third-order valence-electron chi connectivity index (χ3n) is 4.06. The van der Waals surface area contributed by atoms with Crippen molar-refractivity contribution in [3.05, 3.63) is 75.2 Å². The van der Waals surface area contributed by atoms with E-state index >= 15 is 0 Å². The fourth-order valence-electron chi connectivity index (χ4n) is 2.50. The summed E-state index contributed by atoms with van der Waals surface area (Å²) in [4.78, 5) is 22.9. The Morgan fingerprint density at radius 3 is 2.61 bits per heavy atom. The number of aromatic nitrogens is 2. The van der Waals surface area contributed by atoms with Crippen molar-refractivity contribution in [1.82, 2.24) is 10.2 Å². The van der Waals surface area contributed by atoms with E-state index in [9.17, 15) is 14.9 Å². The predicted octanol–water partition coefficient (Wildman–Crippen LogP) is 3.92. The van der Waals surface area contributed by atoms with E-state index in [1.54, 1.807) is 13.0 Å². The van der Waals surface area contributed by atoms with Crippen molar-refractivity contribution in [1.29, 1.82) is 0 Å². The van der Waals surface area contributed by atoms with Crippen LogP contribution >= 0.6 is 11.8 Å². The normalized spacial score (nSPS) is 10.6. The monoisotopic (exact) mass is 398 g/mol. The summed E-state index contributed by atoms with van der Waals surface area (Å²) in [5.74, 6) is 0.0647. The van der Waals surface area contributed by atoms with Crippen molar-refractivity contribution in [2.24, 2.45) is 0 Å². The summed E-state index contributed by atoms with van der Waals surface area (Å²) in [7, 11) is 0. The Hall–Kier alpha value is -3.20. The minimum atomic E-state index is -0.511. The Bertz CT molecular complexity index is 1000. The number of anilines is 1. The number of thioether (sulfide) groups is 1. The summed E-state index contributed by atoms with van der Waals surface area (Å²) >= 11 is 1.08. The Kier molecular flexibility index (Phi) is 6.05. The molecule has 0 saturated heterocycles. The molecule has 0 saturated carbocycles. The van der Waals surface area contributed by atoms with Gasteiger partial charge in [0.05, 0.1) is 17.1 Å². The highest BCUT2D eigenvalue weighted by atomic mass is 32.2. The minimum absolute atomic E-state index is 0.00293. The summed E-state index contributed by atoms with van der Waals surface area (Å²) in [6.45, 7) is 3.61. The van der Waals surface area contributed by atoms with Crippen molar-refractivity contribution in [3.63, 3.8) is 0 Å².